The molecule has 28 heavy (non-hydrogen) atoms. The van der Waals surface area contributed by atoms with Crippen LogP contribution in [0.25, 0.3) is 0 Å². The van der Waals surface area contributed by atoms with Gasteiger partial charge in [0.2, 0.25) is 0 Å². The molecule has 0 amide bonds. The van der Waals surface area contributed by atoms with Crippen molar-refractivity contribution in [3.05, 3.63) is 71.8 Å². The number of hydrogen-bond donors (Lipinski definition) is 0. The Labute approximate surface area is 166 Å². The molecule has 2 nitrogen and oxygen atoms in total. The monoisotopic (exact) mass is 407 g/mol. The summed E-state index contributed by atoms with van der Waals surface area (Å²) in [6, 6.07) is 18.7. The van der Waals surface area contributed by atoms with Gasteiger partial charge in [-0.25, -0.2) is 0 Å². The maximum absolute atomic E-state index is 14.2. The fourth-order valence-corrected chi connectivity index (χ4v) is 5.43. The van der Waals surface area contributed by atoms with Gasteiger partial charge in [0, 0.05) is 19.1 Å². The minimum absolute atomic E-state index is 0.0333. The second kappa shape index (κ2) is 8.01. The van der Waals surface area contributed by atoms with Crippen molar-refractivity contribution < 1.29 is 17.6 Å². The van der Waals surface area contributed by atoms with E-state index in [0.717, 1.165) is 11.1 Å². The van der Waals surface area contributed by atoms with E-state index >= 15 is 0 Å². The van der Waals surface area contributed by atoms with E-state index < -0.39 is 26.1 Å². The summed E-state index contributed by atoms with van der Waals surface area (Å²) in [4.78, 5) is 1.95. The van der Waals surface area contributed by atoms with Crippen molar-refractivity contribution in [1.82, 2.24) is 4.90 Å². The molecule has 1 aliphatic rings. The quantitative estimate of drug-likeness (QED) is 0.522. The van der Waals surface area contributed by atoms with Crippen molar-refractivity contribution in [2.75, 3.05) is 0 Å². The molecule has 0 unspecified atom stereocenters. The first kappa shape index (κ1) is 21.1. The minimum atomic E-state index is -4.39. The van der Waals surface area contributed by atoms with Gasteiger partial charge in [-0.15, -0.1) is 0 Å². The summed E-state index contributed by atoms with van der Waals surface area (Å²) in [7, 11) is -2.39. The molecule has 3 rings (SSSR count). The molecule has 0 N–H and O–H groups in total. The largest absolute Gasteiger partial charge is 0.417 e. The van der Waals surface area contributed by atoms with E-state index in [2.05, 4.69) is 0 Å². The topological polar surface area (TPSA) is 12.5 Å². The number of nitrogens with zero attached hydrogens (tertiary/aromatic N) is 1. The highest BCUT2D eigenvalue weighted by Crippen LogP contribution is 2.52. The van der Waals surface area contributed by atoms with Crippen molar-refractivity contribution in [3.63, 3.8) is 0 Å². The van der Waals surface area contributed by atoms with Gasteiger partial charge in [-0.2, -0.15) is 13.2 Å². The van der Waals surface area contributed by atoms with Gasteiger partial charge in [0.05, 0.1) is 0 Å². The maximum Gasteiger partial charge on any atom is 0.417 e. The molecule has 1 aliphatic carbocycles. The van der Waals surface area contributed by atoms with Crippen molar-refractivity contribution in [2.24, 2.45) is 0 Å². The third-order valence-electron chi connectivity index (χ3n) is 5.19. The molecule has 1 saturated carbocycles. The Kier molecular flexibility index (Phi) is 6.03. The Morgan fingerprint density at radius 3 is 1.71 bits per heavy atom. The molecule has 0 heterocycles. The minimum Gasteiger partial charge on any atom is -0.403 e. The van der Waals surface area contributed by atoms with E-state index in [-0.39, 0.29) is 6.42 Å². The molecule has 0 saturated heterocycles. The maximum atomic E-state index is 14.2. The van der Waals surface area contributed by atoms with E-state index in [1.54, 1.807) is 0 Å². The number of rotatable bonds is 7. The molecule has 6 heteroatoms. The highest BCUT2D eigenvalue weighted by molar-refractivity contribution is 6.69. The van der Waals surface area contributed by atoms with Crippen LogP contribution in [0.2, 0.25) is 19.6 Å². The van der Waals surface area contributed by atoms with E-state index in [0.29, 0.717) is 19.5 Å². The SMILES string of the molecule is C[Si](C)(C)O[C@]1(C(F)(F)F)CC[C@@H]1N(Cc1ccccc1)Cc1ccccc1. The van der Waals surface area contributed by atoms with Crippen LogP contribution >= 0.6 is 0 Å². The lowest BCUT2D eigenvalue weighted by Crippen LogP contribution is -2.70. The Morgan fingerprint density at radius 2 is 1.39 bits per heavy atom. The molecule has 0 aromatic heterocycles. The third kappa shape index (κ3) is 4.67. The summed E-state index contributed by atoms with van der Waals surface area (Å²) in [6.07, 6.45) is -3.86. The summed E-state index contributed by atoms with van der Waals surface area (Å²) < 4.78 is 48.6. The zero-order valence-electron chi connectivity index (χ0n) is 16.7. The van der Waals surface area contributed by atoms with Crippen molar-refractivity contribution in [3.8, 4) is 0 Å². The third-order valence-corrected chi connectivity index (χ3v) is 6.17. The number of hydrogen-bond acceptors (Lipinski definition) is 2. The van der Waals surface area contributed by atoms with E-state index in [9.17, 15) is 13.2 Å². The Bertz CT molecular complexity index is 719. The molecule has 0 aliphatic heterocycles. The average Bonchev–Trinajstić information content (AvgIpc) is 2.58. The first-order chi connectivity index (χ1) is 13.1. The van der Waals surface area contributed by atoms with Crippen LogP contribution in [0.3, 0.4) is 0 Å². The second-order valence-electron chi connectivity index (χ2n) is 8.53. The molecular weight excluding hydrogens is 379 g/mol. The molecule has 2 aromatic carbocycles. The number of benzene rings is 2. The zero-order chi connectivity index (χ0) is 20.4. The highest BCUT2D eigenvalue weighted by Gasteiger charge is 2.67. The summed E-state index contributed by atoms with van der Waals surface area (Å²) >= 11 is 0. The van der Waals surface area contributed by atoms with Gasteiger partial charge in [0.1, 0.15) is 0 Å². The number of halogens is 3. The van der Waals surface area contributed by atoms with Gasteiger partial charge in [-0.05, 0) is 43.6 Å². The van der Waals surface area contributed by atoms with Gasteiger partial charge >= 0.3 is 6.18 Å². The molecular formula is C22H28F3NOSi. The van der Waals surface area contributed by atoms with Crippen LogP contribution in [-0.4, -0.2) is 31.0 Å². The van der Waals surface area contributed by atoms with Crippen LogP contribution in [0.5, 0.6) is 0 Å². The predicted octanol–water partition coefficient (Wildman–Crippen LogP) is 6.00. The summed E-state index contributed by atoms with van der Waals surface area (Å²) in [5.41, 5.74) is -0.0510. The van der Waals surface area contributed by atoms with Crippen molar-refractivity contribution >= 4 is 8.32 Å². The molecule has 1 fully saturated rings. The lowest BCUT2D eigenvalue weighted by Gasteiger charge is -2.56. The van der Waals surface area contributed by atoms with Gasteiger partial charge in [-0.1, -0.05) is 60.7 Å². The van der Waals surface area contributed by atoms with Crippen molar-refractivity contribution in [1.29, 1.82) is 0 Å². The summed E-state index contributed by atoms with van der Waals surface area (Å²) in [5.74, 6) is 0. The van der Waals surface area contributed by atoms with E-state index in [4.69, 9.17) is 4.43 Å². The van der Waals surface area contributed by atoms with Crippen LogP contribution in [0, 0.1) is 0 Å². The van der Waals surface area contributed by atoms with Crippen LogP contribution in [0.4, 0.5) is 13.2 Å². The van der Waals surface area contributed by atoms with Gasteiger partial charge in [0.25, 0.3) is 0 Å². The Morgan fingerprint density at radius 1 is 0.929 bits per heavy atom. The van der Waals surface area contributed by atoms with Gasteiger partial charge < -0.3 is 4.43 Å². The van der Waals surface area contributed by atoms with Crippen LogP contribution in [0.1, 0.15) is 24.0 Å². The van der Waals surface area contributed by atoms with Crippen LogP contribution < -0.4 is 0 Å². The van der Waals surface area contributed by atoms with Crippen molar-refractivity contribution in [2.45, 2.75) is 63.4 Å². The summed E-state index contributed by atoms with van der Waals surface area (Å²) in [6.45, 7) is 6.42. The molecule has 0 spiro atoms. The molecule has 0 radical (unpaired) electrons. The highest BCUT2D eigenvalue weighted by atomic mass is 28.4. The van der Waals surface area contributed by atoms with Gasteiger partial charge in [0.15, 0.2) is 13.9 Å². The smallest absolute Gasteiger partial charge is 0.403 e. The lowest BCUT2D eigenvalue weighted by molar-refractivity contribution is -0.304. The molecule has 2 aromatic rings. The van der Waals surface area contributed by atoms with E-state index in [1.165, 1.54) is 0 Å². The standard InChI is InChI=1S/C22H28F3NOSi/c1-28(2,3)27-21(22(23,24)25)15-14-20(21)26(16-18-10-6-4-7-11-18)17-19-12-8-5-9-13-19/h4-13,20H,14-17H2,1-3H3/t20-,21+/m0/s1. The van der Waals surface area contributed by atoms with E-state index in [1.807, 2.05) is 85.2 Å². The normalized spacial score (nSPS) is 22.9. The zero-order valence-corrected chi connectivity index (χ0v) is 17.7. The average molecular weight is 408 g/mol. The fourth-order valence-electron chi connectivity index (χ4n) is 3.98. The lowest BCUT2D eigenvalue weighted by atomic mass is 9.73. The molecule has 2 atom stereocenters. The second-order valence-corrected chi connectivity index (χ2v) is 13.0. The van der Waals surface area contributed by atoms with Gasteiger partial charge in [-0.3, -0.25) is 4.90 Å². The predicted molar refractivity (Wildman–Crippen MR) is 108 cm³/mol. The van der Waals surface area contributed by atoms with Crippen LogP contribution in [0.15, 0.2) is 60.7 Å². The Balaban J connectivity index is 1.93. The molecule has 152 valence electrons. The number of alkyl halides is 3. The van der Waals surface area contributed by atoms with Crippen LogP contribution in [-0.2, 0) is 17.5 Å². The Hall–Kier alpha value is -1.63. The first-order valence-electron chi connectivity index (χ1n) is 9.69. The summed E-state index contributed by atoms with van der Waals surface area (Å²) in [5, 5.41) is 0. The fraction of sp³-hybridized carbons (Fsp3) is 0.455. The molecule has 0 bridgehead atoms. The first-order valence-corrected chi connectivity index (χ1v) is 13.1.